The van der Waals surface area contributed by atoms with Crippen LogP contribution in [0.5, 0.6) is 0 Å². The van der Waals surface area contributed by atoms with Crippen LogP contribution in [0.3, 0.4) is 0 Å². The van der Waals surface area contributed by atoms with Gasteiger partial charge in [-0.05, 0) is 67.3 Å². The number of carbonyl (C=O) groups is 1. The molecule has 27 heavy (non-hydrogen) atoms. The van der Waals surface area contributed by atoms with Crippen LogP contribution < -0.4 is 5.32 Å². The number of rotatable bonds is 4. The van der Waals surface area contributed by atoms with Gasteiger partial charge >= 0.3 is 0 Å². The van der Waals surface area contributed by atoms with E-state index in [1.54, 1.807) is 36.4 Å². The maximum absolute atomic E-state index is 12.7. The number of hydrogen-bond donors (Lipinski definition) is 1. The van der Waals surface area contributed by atoms with Crippen LogP contribution in [0.1, 0.15) is 35.7 Å². The van der Waals surface area contributed by atoms with E-state index in [0.717, 1.165) is 12.8 Å². The van der Waals surface area contributed by atoms with E-state index in [1.165, 1.54) is 16.4 Å². The van der Waals surface area contributed by atoms with Gasteiger partial charge in [0.2, 0.25) is 10.0 Å². The number of nitriles is 1. The van der Waals surface area contributed by atoms with Crippen molar-refractivity contribution in [3.8, 4) is 6.07 Å². The molecule has 3 rings (SSSR count). The Morgan fingerprint density at radius 3 is 2.22 bits per heavy atom. The summed E-state index contributed by atoms with van der Waals surface area (Å²) in [5.74, 6) is 0.233. The Balaban J connectivity index is 1.69. The fraction of sp³-hybridized carbons (Fsp3) is 0.300. The van der Waals surface area contributed by atoms with Crippen molar-refractivity contribution in [1.82, 2.24) is 4.31 Å². The molecule has 0 atom stereocenters. The topological polar surface area (TPSA) is 90.3 Å². The highest BCUT2D eigenvalue weighted by Crippen LogP contribution is 2.24. The van der Waals surface area contributed by atoms with E-state index in [0.29, 0.717) is 35.8 Å². The van der Waals surface area contributed by atoms with Gasteiger partial charge in [0.25, 0.3) is 5.91 Å². The average Bonchev–Trinajstić information content (AvgIpc) is 2.69. The number of piperidine rings is 1. The van der Waals surface area contributed by atoms with Gasteiger partial charge in [-0.2, -0.15) is 9.57 Å². The Morgan fingerprint density at radius 1 is 1.07 bits per heavy atom. The molecule has 2 aromatic rings. The maximum atomic E-state index is 12.7. The predicted octanol–water partition coefficient (Wildman–Crippen LogP) is 3.23. The number of hydrogen-bond acceptors (Lipinski definition) is 4. The molecule has 1 fully saturated rings. The Kier molecular flexibility index (Phi) is 5.59. The molecule has 0 unspecified atom stereocenters. The summed E-state index contributed by atoms with van der Waals surface area (Å²) in [6.45, 7) is 3.22. The molecule has 2 aromatic carbocycles. The van der Waals surface area contributed by atoms with E-state index in [4.69, 9.17) is 5.26 Å². The molecule has 7 heteroatoms. The molecule has 0 aliphatic carbocycles. The minimum atomic E-state index is -3.50. The van der Waals surface area contributed by atoms with Gasteiger partial charge in [0.05, 0.1) is 16.5 Å². The summed E-state index contributed by atoms with van der Waals surface area (Å²) in [6, 6.07) is 14.5. The van der Waals surface area contributed by atoms with Crippen LogP contribution in [-0.4, -0.2) is 31.7 Å². The van der Waals surface area contributed by atoms with Crippen molar-refractivity contribution in [2.45, 2.75) is 24.7 Å². The van der Waals surface area contributed by atoms with Crippen LogP contribution in [0.2, 0.25) is 0 Å². The molecule has 0 bridgehead atoms. The summed E-state index contributed by atoms with van der Waals surface area (Å²) in [4.78, 5) is 12.5. The molecule has 0 aromatic heterocycles. The van der Waals surface area contributed by atoms with E-state index < -0.39 is 10.0 Å². The van der Waals surface area contributed by atoms with Gasteiger partial charge in [0.15, 0.2) is 0 Å². The van der Waals surface area contributed by atoms with Crippen molar-refractivity contribution in [3.05, 3.63) is 59.7 Å². The van der Waals surface area contributed by atoms with Gasteiger partial charge in [-0.25, -0.2) is 8.42 Å². The zero-order chi connectivity index (χ0) is 19.4. The second-order valence-electron chi connectivity index (χ2n) is 6.75. The van der Waals surface area contributed by atoms with E-state index in [9.17, 15) is 13.2 Å². The minimum absolute atomic E-state index is 0.230. The number of amides is 1. The first-order valence-electron chi connectivity index (χ1n) is 8.82. The summed E-state index contributed by atoms with van der Waals surface area (Å²) in [5.41, 5.74) is 1.41. The second kappa shape index (κ2) is 7.91. The highest BCUT2D eigenvalue weighted by atomic mass is 32.2. The lowest BCUT2D eigenvalue weighted by Gasteiger charge is -2.29. The summed E-state index contributed by atoms with van der Waals surface area (Å²) in [5, 5.41) is 11.5. The molecule has 1 saturated heterocycles. The van der Waals surface area contributed by atoms with Crippen LogP contribution in [0.25, 0.3) is 0 Å². The van der Waals surface area contributed by atoms with E-state index in [1.807, 2.05) is 6.07 Å². The minimum Gasteiger partial charge on any atom is -0.322 e. The normalized spacial score (nSPS) is 15.9. The Hall–Kier alpha value is -2.69. The van der Waals surface area contributed by atoms with Crippen LogP contribution >= 0.6 is 0 Å². The first kappa shape index (κ1) is 19.1. The standard InChI is InChI=1S/C20H21N3O3S/c1-15-10-12-23(13-11-15)27(25,26)19-8-6-18(7-9-19)22-20(24)17-4-2-16(14-21)3-5-17/h2-9,15H,10-13H2,1H3,(H,22,24). The van der Waals surface area contributed by atoms with Crippen LogP contribution in [0, 0.1) is 17.2 Å². The lowest BCUT2D eigenvalue weighted by molar-refractivity contribution is 0.102. The van der Waals surface area contributed by atoms with Crippen molar-refractivity contribution in [3.63, 3.8) is 0 Å². The molecule has 1 heterocycles. The largest absolute Gasteiger partial charge is 0.322 e. The summed E-state index contributed by atoms with van der Waals surface area (Å²) >= 11 is 0. The fourth-order valence-corrected chi connectivity index (χ4v) is 4.45. The van der Waals surface area contributed by atoms with Crippen molar-refractivity contribution in [1.29, 1.82) is 5.26 Å². The molecule has 140 valence electrons. The number of nitrogens with one attached hydrogen (secondary N) is 1. The summed E-state index contributed by atoms with van der Waals surface area (Å²) < 4.78 is 27.0. The zero-order valence-corrected chi connectivity index (χ0v) is 15.9. The van der Waals surface area contributed by atoms with Crippen LogP contribution in [-0.2, 0) is 10.0 Å². The molecule has 1 N–H and O–H groups in total. The molecule has 1 amide bonds. The van der Waals surface area contributed by atoms with E-state index >= 15 is 0 Å². The first-order valence-corrected chi connectivity index (χ1v) is 10.3. The lowest BCUT2D eigenvalue weighted by Crippen LogP contribution is -2.37. The summed E-state index contributed by atoms with van der Waals surface area (Å²) in [7, 11) is -3.50. The van der Waals surface area contributed by atoms with Crippen molar-refractivity contribution in [2.75, 3.05) is 18.4 Å². The summed E-state index contributed by atoms with van der Waals surface area (Å²) in [6.07, 6.45) is 1.75. The number of benzene rings is 2. The molecule has 0 radical (unpaired) electrons. The van der Waals surface area contributed by atoms with Gasteiger partial charge in [0.1, 0.15) is 0 Å². The molecular weight excluding hydrogens is 362 g/mol. The first-order chi connectivity index (χ1) is 12.9. The highest BCUT2D eigenvalue weighted by Gasteiger charge is 2.27. The quantitative estimate of drug-likeness (QED) is 0.878. The SMILES string of the molecule is CC1CCN(S(=O)(=O)c2ccc(NC(=O)c3ccc(C#N)cc3)cc2)CC1. The predicted molar refractivity (Wildman–Crippen MR) is 103 cm³/mol. The molecule has 0 saturated carbocycles. The van der Waals surface area contributed by atoms with Crippen molar-refractivity contribution >= 4 is 21.6 Å². The van der Waals surface area contributed by atoms with Gasteiger partial charge in [-0.3, -0.25) is 4.79 Å². The third-order valence-electron chi connectivity index (χ3n) is 4.77. The van der Waals surface area contributed by atoms with Crippen molar-refractivity contribution in [2.24, 2.45) is 5.92 Å². The highest BCUT2D eigenvalue weighted by molar-refractivity contribution is 7.89. The zero-order valence-electron chi connectivity index (χ0n) is 15.1. The number of sulfonamides is 1. The third kappa shape index (κ3) is 4.35. The van der Waals surface area contributed by atoms with Crippen molar-refractivity contribution < 1.29 is 13.2 Å². The number of nitrogens with zero attached hydrogens (tertiary/aromatic N) is 2. The van der Waals surface area contributed by atoms with Gasteiger partial charge < -0.3 is 5.32 Å². The number of carbonyl (C=O) groups excluding carboxylic acids is 1. The van der Waals surface area contributed by atoms with Gasteiger partial charge in [-0.1, -0.05) is 6.92 Å². The molecular formula is C20H21N3O3S. The van der Waals surface area contributed by atoms with Crippen LogP contribution in [0.15, 0.2) is 53.4 Å². The molecule has 1 aliphatic heterocycles. The monoisotopic (exact) mass is 383 g/mol. The molecule has 6 nitrogen and oxygen atoms in total. The third-order valence-corrected chi connectivity index (χ3v) is 6.68. The fourth-order valence-electron chi connectivity index (χ4n) is 2.98. The van der Waals surface area contributed by atoms with E-state index in [-0.39, 0.29) is 10.8 Å². The molecule has 0 spiro atoms. The Bertz CT molecular complexity index is 953. The van der Waals surface area contributed by atoms with E-state index in [2.05, 4.69) is 12.2 Å². The Morgan fingerprint density at radius 2 is 1.67 bits per heavy atom. The average molecular weight is 383 g/mol. The lowest BCUT2D eigenvalue weighted by atomic mass is 10.0. The number of anilines is 1. The maximum Gasteiger partial charge on any atom is 0.255 e. The smallest absolute Gasteiger partial charge is 0.255 e. The second-order valence-corrected chi connectivity index (χ2v) is 8.69. The van der Waals surface area contributed by atoms with Gasteiger partial charge in [-0.15, -0.1) is 0 Å². The Labute approximate surface area is 159 Å². The van der Waals surface area contributed by atoms with Crippen LogP contribution in [0.4, 0.5) is 5.69 Å². The molecule has 1 aliphatic rings. The van der Waals surface area contributed by atoms with Gasteiger partial charge in [0, 0.05) is 24.3 Å².